The fraction of sp³-hybridized carbons (Fsp3) is 0.217. The molecule has 32 heavy (non-hydrogen) atoms. The fourth-order valence-electron chi connectivity index (χ4n) is 3.35. The molecule has 0 aliphatic carbocycles. The van der Waals surface area contributed by atoms with Gasteiger partial charge in [0, 0.05) is 41.9 Å². The number of fused-ring (bicyclic) bond motifs is 1. The quantitative estimate of drug-likeness (QED) is 0.595. The van der Waals surface area contributed by atoms with Crippen LogP contribution < -0.4 is 10.6 Å². The highest BCUT2D eigenvalue weighted by Gasteiger charge is 2.25. The van der Waals surface area contributed by atoms with Crippen molar-refractivity contribution in [1.82, 2.24) is 9.88 Å². The Labute approximate surface area is 188 Å². The Morgan fingerprint density at radius 1 is 0.969 bits per heavy atom. The minimum Gasteiger partial charge on any atom is -0.333 e. The van der Waals surface area contributed by atoms with E-state index >= 15 is 0 Å². The third-order valence-electron chi connectivity index (χ3n) is 4.99. The normalized spacial score (nSPS) is 12.7. The lowest BCUT2D eigenvalue weighted by atomic mass is 10.1. The number of thiazole rings is 1. The van der Waals surface area contributed by atoms with Crippen LogP contribution in [0.5, 0.6) is 0 Å². The maximum absolute atomic E-state index is 12.9. The topological polar surface area (TPSA) is 91.4 Å². The highest BCUT2D eigenvalue weighted by molar-refractivity contribution is 7.15. The van der Waals surface area contributed by atoms with Gasteiger partial charge in [-0.2, -0.15) is 0 Å². The van der Waals surface area contributed by atoms with Crippen LogP contribution in [0.3, 0.4) is 0 Å². The highest BCUT2D eigenvalue weighted by Crippen LogP contribution is 2.29. The number of benzene rings is 2. The molecule has 1 aliphatic rings. The van der Waals surface area contributed by atoms with Crippen LogP contribution in [0, 0.1) is 5.82 Å². The maximum Gasteiger partial charge on any atom is 0.254 e. The lowest BCUT2D eigenvalue weighted by Crippen LogP contribution is -2.35. The molecule has 0 atom stereocenters. The van der Waals surface area contributed by atoms with Crippen molar-refractivity contribution in [3.8, 4) is 0 Å². The van der Waals surface area contributed by atoms with Crippen molar-refractivity contribution < 1.29 is 18.8 Å². The van der Waals surface area contributed by atoms with Crippen molar-refractivity contribution >= 4 is 39.9 Å². The molecule has 164 valence electrons. The zero-order valence-electron chi connectivity index (χ0n) is 17.1. The first-order valence-electron chi connectivity index (χ1n) is 10.2. The summed E-state index contributed by atoms with van der Waals surface area (Å²) in [4.78, 5) is 44.1. The van der Waals surface area contributed by atoms with E-state index in [0.29, 0.717) is 35.9 Å². The lowest BCUT2D eigenvalue weighted by molar-refractivity contribution is -0.121. The average Bonchev–Trinajstić information content (AvgIpc) is 3.20. The molecule has 1 aliphatic heterocycles. The summed E-state index contributed by atoms with van der Waals surface area (Å²) in [6.07, 6.45) is 0.615. The predicted molar refractivity (Wildman–Crippen MR) is 120 cm³/mol. The van der Waals surface area contributed by atoms with Crippen molar-refractivity contribution in [3.63, 3.8) is 0 Å². The van der Waals surface area contributed by atoms with Gasteiger partial charge in [0.15, 0.2) is 5.13 Å². The minimum atomic E-state index is -0.388. The Kier molecular flexibility index (Phi) is 6.55. The van der Waals surface area contributed by atoms with E-state index in [1.807, 2.05) is 18.2 Å². The van der Waals surface area contributed by atoms with E-state index in [1.165, 1.54) is 35.6 Å². The maximum atomic E-state index is 12.9. The summed E-state index contributed by atoms with van der Waals surface area (Å²) in [6, 6.07) is 14.5. The molecule has 0 saturated heterocycles. The minimum absolute atomic E-state index is 0.00407. The summed E-state index contributed by atoms with van der Waals surface area (Å²) in [5.41, 5.74) is 2.00. The van der Waals surface area contributed by atoms with Crippen LogP contribution in [0.4, 0.5) is 15.2 Å². The van der Waals surface area contributed by atoms with Crippen LogP contribution in [-0.4, -0.2) is 34.2 Å². The molecule has 0 spiro atoms. The van der Waals surface area contributed by atoms with Crippen LogP contribution in [-0.2, 0) is 22.6 Å². The third kappa shape index (κ3) is 5.36. The number of carbonyl (C=O) groups is 3. The van der Waals surface area contributed by atoms with Crippen molar-refractivity contribution in [1.29, 1.82) is 0 Å². The average molecular weight is 453 g/mol. The number of halogens is 1. The molecule has 0 unspecified atom stereocenters. The van der Waals surface area contributed by atoms with Crippen LogP contribution in [0.2, 0.25) is 0 Å². The molecule has 1 aromatic heterocycles. The molecule has 0 saturated carbocycles. The van der Waals surface area contributed by atoms with Gasteiger partial charge in [0.1, 0.15) is 5.82 Å². The Balaban J connectivity index is 1.28. The van der Waals surface area contributed by atoms with Crippen molar-refractivity contribution in [2.75, 3.05) is 17.2 Å². The Bertz CT molecular complexity index is 1130. The van der Waals surface area contributed by atoms with Gasteiger partial charge in [-0.25, -0.2) is 9.37 Å². The second-order valence-corrected chi connectivity index (χ2v) is 8.42. The van der Waals surface area contributed by atoms with E-state index in [9.17, 15) is 18.8 Å². The van der Waals surface area contributed by atoms with E-state index in [2.05, 4.69) is 15.6 Å². The SMILES string of the molecule is O=C(CCC(=O)Nc1nc2c(s1)CN(C(=O)c1ccccc1)CC2)Nc1ccc(F)cc1. The van der Waals surface area contributed by atoms with Gasteiger partial charge in [-0.15, -0.1) is 0 Å². The number of carbonyl (C=O) groups excluding carboxylic acids is 3. The van der Waals surface area contributed by atoms with Crippen LogP contribution >= 0.6 is 11.3 Å². The van der Waals surface area contributed by atoms with Crippen LogP contribution in [0.25, 0.3) is 0 Å². The van der Waals surface area contributed by atoms with Crippen molar-refractivity contribution in [2.45, 2.75) is 25.8 Å². The van der Waals surface area contributed by atoms with E-state index in [4.69, 9.17) is 0 Å². The van der Waals surface area contributed by atoms with Crippen molar-refractivity contribution in [2.24, 2.45) is 0 Å². The number of amides is 3. The first-order chi connectivity index (χ1) is 15.5. The van der Waals surface area contributed by atoms with Gasteiger partial charge in [-0.1, -0.05) is 29.5 Å². The van der Waals surface area contributed by atoms with Gasteiger partial charge in [0.25, 0.3) is 5.91 Å². The number of hydrogen-bond acceptors (Lipinski definition) is 5. The van der Waals surface area contributed by atoms with Gasteiger partial charge in [-0.05, 0) is 36.4 Å². The first-order valence-corrected chi connectivity index (χ1v) is 11.0. The second-order valence-electron chi connectivity index (χ2n) is 7.33. The number of nitrogens with one attached hydrogen (secondary N) is 2. The van der Waals surface area contributed by atoms with Crippen LogP contribution in [0.1, 0.15) is 33.8 Å². The number of aromatic nitrogens is 1. The molecule has 0 bridgehead atoms. The van der Waals surface area contributed by atoms with Gasteiger partial charge in [0.05, 0.1) is 12.2 Å². The highest BCUT2D eigenvalue weighted by atomic mass is 32.1. The summed E-state index contributed by atoms with van der Waals surface area (Å²) in [5, 5.41) is 5.82. The van der Waals surface area contributed by atoms with E-state index in [1.54, 1.807) is 17.0 Å². The lowest BCUT2D eigenvalue weighted by Gasteiger charge is -2.26. The zero-order chi connectivity index (χ0) is 22.5. The van der Waals surface area contributed by atoms with Crippen molar-refractivity contribution in [3.05, 3.63) is 76.5 Å². The molecule has 3 amide bonds. The predicted octanol–water partition coefficient (Wildman–Crippen LogP) is 3.84. The Morgan fingerprint density at radius 2 is 1.66 bits per heavy atom. The van der Waals surface area contributed by atoms with Gasteiger partial charge in [0.2, 0.25) is 11.8 Å². The van der Waals surface area contributed by atoms with Crippen LogP contribution in [0.15, 0.2) is 54.6 Å². The largest absolute Gasteiger partial charge is 0.333 e. The first kappa shape index (κ1) is 21.6. The Hall–Kier alpha value is -3.59. The smallest absolute Gasteiger partial charge is 0.254 e. The summed E-state index contributed by atoms with van der Waals surface area (Å²) >= 11 is 1.35. The van der Waals surface area contributed by atoms with Gasteiger partial charge < -0.3 is 15.5 Å². The molecule has 0 radical (unpaired) electrons. The zero-order valence-corrected chi connectivity index (χ0v) is 18.0. The molecule has 3 aromatic rings. The number of rotatable bonds is 6. The Morgan fingerprint density at radius 3 is 2.38 bits per heavy atom. The summed E-state index contributed by atoms with van der Waals surface area (Å²) < 4.78 is 12.9. The molecule has 2 aromatic carbocycles. The molecule has 4 rings (SSSR count). The van der Waals surface area contributed by atoms with E-state index in [0.717, 1.165) is 10.6 Å². The number of nitrogens with zero attached hydrogens (tertiary/aromatic N) is 2. The molecule has 7 nitrogen and oxygen atoms in total. The summed E-state index contributed by atoms with van der Waals surface area (Å²) in [5.74, 6) is -1.06. The van der Waals surface area contributed by atoms with E-state index < -0.39 is 0 Å². The molecule has 2 heterocycles. The standard InChI is InChI=1S/C23H21FN4O3S/c24-16-6-8-17(9-7-16)25-20(29)10-11-21(30)27-23-26-18-12-13-28(14-19(18)32-23)22(31)15-4-2-1-3-5-15/h1-9H,10-14H2,(H,25,29)(H,26,27,30). The summed E-state index contributed by atoms with van der Waals surface area (Å²) in [7, 11) is 0. The fourth-order valence-corrected chi connectivity index (χ4v) is 4.39. The molecular weight excluding hydrogens is 431 g/mol. The monoisotopic (exact) mass is 452 g/mol. The third-order valence-corrected chi connectivity index (χ3v) is 5.99. The molecular formula is C23H21FN4O3S. The molecule has 2 N–H and O–H groups in total. The van der Waals surface area contributed by atoms with Gasteiger partial charge in [-0.3, -0.25) is 14.4 Å². The summed E-state index contributed by atoms with van der Waals surface area (Å²) in [6.45, 7) is 1.03. The molecule has 0 fully saturated rings. The number of anilines is 2. The molecule has 9 heteroatoms. The second kappa shape index (κ2) is 9.69. The van der Waals surface area contributed by atoms with E-state index in [-0.39, 0.29) is 36.4 Å². The van der Waals surface area contributed by atoms with Gasteiger partial charge >= 0.3 is 0 Å². The number of hydrogen-bond donors (Lipinski definition) is 2.